The lowest BCUT2D eigenvalue weighted by atomic mass is 9.68. The van der Waals surface area contributed by atoms with E-state index in [0.29, 0.717) is 38.1 Å². The van der Waals surface area contributed by atoms with Gasteiger partial charge in [-0.25, -0.2) is 0 Å². The van der Waals surface area contributed by atoms with E-state index in [1.807, 2.05) is 13.8 Å². The van der Waals surface area contributed by atoms with Gasteiger partial charge in [-0.05, 0) is 31.1 Å². The molecule has 5 nitrogen and oxygen atoms in total. The molecule has 0 aromatic heterocycles. The number of ether oxygens (including phenoxy) is 1. The maximum atomic E-state index is 11.8. The Morgan fingerprint density at radius 3 is 2.40 bits per heavy atom. The number of esters is 1. The largest absolute Gasteiger partial charge is 0.461 e. The summed E-state index contributed by atoms with van der Waals surface area (Å²) >= 11 is 0. The molecule has 2 aliphatic rings. The van der Waals surface area contributed by atoms with Crippen LogP contribution in [0.5, 0.6) is 0 Å². The molecule has 20 heavy (non-hydrogen) atoms. The van der Waals surface area contributed by atoms with E-state index in [9.17, 15) is 19.2 Å². The van der Waals surface area contributed by atoms with Crippen molar-refractivity contribution in [2.24, 2.45) is 22.7 Å². The van der Waals surface area contributed by atoms with E-state index in [1.165, 1.54) is 0 Å². The third-order valence-electron chi connectivity index (χ3n) is 4.91. The van der Waals surface area contributed by atoms with Gasteiger partial charge in [0, 0.05) is 6.42 Å². The zero-order chi connectivity index (χ0) is 15.0. The molecular formula is C15H20O5. The molecule has 3 atom stereocenters. The highest BCUT2D eigenvalue weighted by Crippen LogP contribution is 2.64. The third kappa shape index (κ3) is 1.83. The van der Waals surface area contributed by atoms with E-state index in [0.717, 1.165) is 0 Å². The van der Waals surface area contributed by atoms with Crippen LogP contribution in [0.2, 0.25) is 0 Å². The Kier molecular flexibility index (Phi) is 3.80. The van der Waals surface area contributed by atoms with Crippen LogP contribution in [-0.2, 0) is 23.9 Å². The zero-order valence-corrected chi connectivity index (χ0v) is 11.8. The highest BCUT2D eigenvalue weighted by molar-refractivity contribution is 5.93. The first-order valence-corrected chi connectivity index (χ1v) is 7.04. The molecule has 2 rings (SSSR count). The van der Waals surface area contributed by atoms with E-state index < -0.39 is 16.9 Å². The summed E-state index contributed by atoms with van der Waals surface area (Å²) < 4.78 is 5.42. The van der Waals surface area contributed by atoms with Crippen LogP contribution in [0.1, 0.15) is 39.5 Å². The van der Waals surface area contributed by atoms with E-state index in [-0.39, 0.29) is 24.2 Å². The molecule has 0 aliphatic heterocycles. The van der Waals surface area contributed by atoms with Gasteiger partial charge in [-0.1, -0.05) is 13.8 Å². The summed E-state index contributed by atoms with van der Waals surface area (Å²) in [4.78, 5) is 46.4. The molecular weight excluding hydrogens is 260 g/mol. The molecule has 0 spiro atoms. The topological polar surface area (TPSA) is 77.5 Å². The lowest BCUT2D eigenvalue weighted by molar-refractivity contribution is -0.162. The number of rotatable bonds is 6. The van der Waals surface area contributed by atoms with Gasteiger partial charge in [0.1, 0.15) is 25.0 Å². The van der Waals surface area contributed by atoms with Gasteiger partial charge in [0.05, 0.1) is 10.8 Å². The third-order valence-corrected chi connectivity index (χ3v) is 4.91. The van der Waals surface area contributed by atoms with Crippen LogP contribution in [0.25, 0.3) is 0 Å². The minimum atomic E-state index is -1.31. The molecule has 5 heteroatoms. The van der Waals surface area contributed by atoms with Crippen LogP contribution in [0.15, 0.2) is 0 Å². The summed E-state index contributed by atoms with van der Waals surface area (Å²) in [6.07, 6.45) is 2.94. The van der Waals surface area contributed by atoms with Gasteiger partial charge < -0.3 is 19.1 Å². The fraction of sp³-hybridized carbons (Fsp3) is 0.733. The maximum Gasteiger partial charge on any atom is 0.306 e. The van der Waals surface area contributed by atoms with Gasteiger partial charge >= 0.3 is 5.97 Å². The highest BCUT2D eigenvalue weighted by Gasteiger charge is 2.71. The summed E-state index contributed by atoms with van der Waals surface area (Å²) in [5.41, 5.74) is -2.47. The van der Waals surface area contributed by atoms with Crippen molar-refractivity contribution in [3.05, 3.63) is 0 Å². The first-order chi connectivity index (χ1) is 9.45. The minimum absolute atomic E-state index is 0.162. The summed E-state index contributed by atoms with van der Waals surface area (Å²) in [6, 6.07) is 0. The fourth-order valence-electron chi connectivity index (χ4n) is 3.84. The van der Waals surface area contributed by atoms with Gasteiger partial charge in [-0.2, -0.15) is 0 Å². The molecule has 2 bridgehead atoms. The second-order valence-electron chi connectivity index (χ2n) is 6.37. The first-order valence-electron chi connectivity index (χ1n) is 7.04. The van der Waals surface area contributed by atoms with Crippen LogP contribution < -0.4 is 0 Å². The Balaban J connectivity index is 2.25. The van der Waals surface area contributed by atoms with Crippen LogP contribution in [-0.4, -0.2) is 30.9 Å². The number of hydrogen-bond donors (Lipinski definition) is 0. The van der Waals surface area contributed by atoms with Gasteiger partial charge in [-0.3, -0.25) is 4.79 Å². The molecule has 0 amide bonds. The SMILES string of the molecule is CC(C)CC(=O)OC1C[C@H]2CC[C@]1(C=O)C2(C=O)C=O. The molecule has 1 unspecified atom stereocenters. The van der Waals surface area contributed by atoms with Crippen molar-refractivity contribution in [2.75, 3.05) is 0 Å². The van der Waals surface area contributed by atoms with Crippen molar-refractivity contribution in [3.8, 4) is 0 Å². The van der Waals surface area contributed by atoms with Crippen molar-refractivity contribution in [2.45, 2.75) is 45.6 Å². The molecule has 0 aromatic rings. The Morgan fingerprint density at radius 1 is 1.25 bits per heavy atom. The van der Waals surface area contributed by atoms with E-state index >= 15 is 0 Å². The smallest absolute Gasteiger partial charge is 0.306 e. The van der Waals surface area contributed by atoms with Crippen molar-refractivity contribution >= 4 is 24.8 Å². The van der Waals surface area contributed by atoms with E-state index in [2.05, 4.69) is 0 Å². The van der Waals surface area contributed by atoms with Crippen LogP contribution in [0.4, 0.5) is 0 Å². The standard InChI is InChI=1S/C15H20O5/c1-10(2)5-13(19)20-12-6-11-3-4-14(12,7-16)15(11,8-17)9-18/h7-12H,3-6H2,1-2H3/t11-,12?,14-/m1/s1. The first kappa shape index (κ1) is 14.9. The van der Waals surface area contributed by atoms with Gasteiger partial charge in [-0.15, -0.1) is 0 Å². The lowest BCUT2D eigenvalue weighted by Gasteiger charge is -2.34. The van der Waals surface area contributed by atoms with Crippen LogP contribution >= 0.6 is 0 Å². The molecule has 0 aromatic carbocycles. The number of carbonyl (C=O) groups is 4. The number of fused-ring (bicyclic) bond motifs is 2. The summed E-state index contributed by atoms with van der Waals surface area (Å²) in [5.74, 6) is -0.404. The average molecular weight is 280 g/mol. The monoisotopic (exact) mass is 280 g/mol. The van der Waals surface area contributed by atoms with E-state index in [4.69, 9.17) is 4.74 Å². The minimum Gasteiger partial charge on any atom is -0.461 e. The van der Waals surface area contributed by atoms with Gasteiger partial charge in [0.2, 0.25) is 0 Å². The Morgan fingerprint density at radius 2 is 1.90 bits per heavy atom. The number of carbonyl (C=O) groups excluding carboxylic acids is 4. The summed E-state index contributed by atoms with van der Waals surface area (Å²) in [6.45, 7) is 3.80. The Hall–Kier alpha value is -1.52. The molecule has 2 saturated carbocycles. The predicted molar refractivity (Wildman–Crippen MR) is 69.7 cm³/mol. The quantitative estimate of drug-likeness (QED) is 0.416. The van der Waals surface area contributed by atoms with Gasteiger partial charge in [0.15, 0.2) is 0 Å². The molecule has 0 heterocycles. The normalized spacial score (nSPS) is 34.0. The lowest BCUT2D eigenvalue weighted by Crippen LogP contribution is -2.47. The predicted octanol–water partition coefficient (Wildman–Crippen LogP) is 1.33. The number of aldehydes is 3. The number of hydrogen-bond acceptors (Lipinski definition) is 5. The molecule has 0 radical (unpaired) electrons. The molecule has 110 valence electrons. The van der Waals surface area contributed by atoms with Gasteiger partial charge in [0.25, 0.3) is 0 Å². The maximum absolute atomic E-state index is 11.8. The summed E-state index contributed by atoms with van der Waals surface area (Å²) in [5, 5.41) is 0. The Bertz CT molecular complexity index is 434. The fourth-order valence-corrected chi connectivity index (χ4v) is 3.84. The molecule has 0 N–H and O–H groups in total. The Labute approximate surface area is 118 Å². The van der Waals surface area contributed by atoms with Crippen molar-refractivity contribution < 1.29 is 23.9 Å². The second kappa shape index (κ2) is 5.11. The molecule has 0 saturated heterocycles. The molecule has 2 fully saturated rings. The van der Waals surface area contributed by atoms with Crippen LogP contribution in [0, 0.1) is 22.7 Å². The zero-order valence-electron chi connectivity index (χ0n) is 11.8. The van der Waals surface area contributed by atoms with Crippen LogP contribution in [0.3, 0.4) is 0 Å². The van der Waals surface area contributed by atoms with Crippen molar-refractivity contribution in [1.29, 1.82) is 0 Å². The second-order valence-corrected chi connectivity index (χ2v) is 6.37. The van der Waals surface area contributed by atoms with Crippen molar-refractivity contribution in [1.82, 2.24) is 0 Å². The van der Waals surface area contributed by atoms with Crippen molar-refractivity contribution in [3.63, 3.8) is 0 Å². The average Bonchev–Trinajstić information content (AvgIpc) is 2.85. The highest BCUT2D eigenvalue weighted by atomic mass is 16.5. The molecule has 2 aliphatic carbocycles. The van der Waals surface area contributed by atoms with E-state index in [1.54, 1.807) is 0 Å². The summed E-state index contributed by atoms with van der Waals surface area (Å²) in [7, 11) is 0.